The van der Waals surface area contributed by atoms with E-state index in [9.17, 15) is 8.42 Å². The van der Waals surface area contributed by atoms with Crippen molar-refractivity contribution in [1.82, 2.24) is 10.2 Å². The van der Waals surface area contributed by atoms with E-state index in [0.29, 0.717) is 11.5 Å². The van der Waals surface area contributed by atoms with Crippen molar-refractivity contribution in [2.75, 3.05) is 38.7 Å². The Kier molecular flexibility index (Phi) is 6.44. The highest BCUT2D eigenvalue weighted by molar-refractivity contribution is 7.91. The normalized spacial score (nSPS) is 23.4. The van der Waals surface area contributed by atoms with Gasteiger partial charge in [0.1, 0.15) is 0 Å². The molecule has 0 aromatic heterocycles. The summed E-state index contributed by atoms with van der Waals surface area (Å²) >= 11 is 0. The van der Waals surface area contributed by atoms with Crippen molar-refractivity contribution in [3.63, 3.8) is 0 Å². The molecule has 1 heterocycles. The van der Waals surface area contributed by atoms with Crippen LogP contribution in [0.3, 0.4) is 0 Å². The number of nitrogens with zero attached hydrogens (tertiary/aromatic N) is 1. The molecule has 1 N–H and O–H groups in total. The minimum atomic E-state index is -2.73. The minimum Gasteiger partial charge on any atom is -0.320 e. The van der Waals surface area contributed by atoms with E-state index < -0.39 is 9.84 Å². The topological polar surface area (TPSA) is 49.4 Å². The molecule has 4 nitrogen and oxygen atoms in total. The fourth-order valence-corrected chi connectivity index (χ4v) is 4.13. The third-order valence-corrected chi connectivity index (χ3v) is 5.27. The maximum atomic E-state index is 11.4. The standard InChI is InChI=1S/C12H26N2O2S/c1-13-8-5-3-4-6-9-14(2)12-7-10-17(15,16)11-12/h12-13H,3-11H2,1-2H3. The zero-order valence-electron chi connectivity index (χ0n) is 11.1. The van der Waals surface area contributed by atoms with Crippen LogP contribution in [0.1, 0.15) is 32.1 Å². The van der Waals surface area contributed by atoms with Crippen molar-refractivity contribution < 1.29 is 8.42 Å². The third kappa shape index (κ3) is 5.84. The quantitative estimate of drug-likeness (QED) is 0.660. The molecule has 1 atom stereocenters. The molecule has 0 saturated carbocycles. The Bertz CT molecular complexity index is 304. The fraction of sp³-hybridized carbons (Fsp3) is 1.00. The van der Waals surface area contributed by atoms with Gasteiger partial charge in [-0.3, -0.25) is 0 Å². The van der Waals surface area contributed by atoms with Gasteiger partial charge in [0.15, 0.2) is 9.84 Å². The SMILES string of the molecule is CNCCCCCCN(C)C1CCS(=O)(=O)C1. The van der Waals surface area contributed by atoms with Crippen LogP contribution in [0, 0.1) is 0 Å². The van der Waals surface area contributed by atoms with Gasteiger partial charge in [0.25, 0.3) is 0 Å². The van der Waals surface area contributed by atoms with E-state index in [2.05, 4.69) is 17.3 Å². The molecule has 17 heavy (non-hydrogen) atoms. The van der Waals surface area contributed by atoms with Crippen LogP contribution >= 0.6 is 0 Å². The van der Waals surface area contributed by atoms with E-state index in [0.717, 1.165) is 19.5 Å². The van der Waals surface area contributed by atoms with E-state index in [-0.39, 0.29) is 6.04 Å². The molecule has 1 fully saturated rings. The van der Waals surface area contributed by atoms with Crippen molar-refractivity contribution in [3.8, 4) is 0 Å². The van der Waals surface area contributed by atoms with Gasteiger partial charge < -0.3 is 10.2 Å². The van der Waals surface area contributed by atoms with Crippen molar-refractivity contribution in [2.24, 2.45) is 0 Å². The average molecular weight is 262 g/mol. The smallest absolute Gasteiger partial charge is 0.151 e. The van der Waals surface area contributed by atoms with Gasteiger partial charge in [-0.1, -0.05) is 12.8 Å². The summed E-state index contributed by atoms with van der Waals surface area (Å²) in [5.74, 6) is 0.743. The maximum Gasteiger partial charge on any atom is 0.151 e. The molecule has 102 valence electrons. The van der Waals surface area contributed by atoms with Crippen molar-refractivity contribution in [2.45, 2.75) is 38.1 Å². The summed E-state index contributed by atoms with van der Waals surface area (Å²) < 4.78 is 22.7. The van der Waals surface area contributed by atoms with Crippen LogP contribution in [0.15, 0.2) is 0 Å². The van der Waals surface area contributed by atoms with Crippen LogP contribution < -0.4 is 5.32 Å². The molecule has 1 aliphatic rings. The average Bonchev–Trinajstić information content (AvgIpc) is 2.64. The van der Waals surface area contributed by atoms with Crippen LogP contribution in [-0.2, 0) is 9.84 Å². The van der Waals surface area contributed by atoms with Crippen molar-refractivity contribution in [3.05, 3.63) is 0 Å². The summed E-state index contributed by atoms with van der Waals surface area (Å²) in [6, 6.07) is 0.261. The lowest BCUT2D eigenvalue weighted by Gasteiger charge is -2.22. The lowest BCUT2D eigenvalue weighted by Crippen LogP contribution is -2.33. The van der Waals surface area contributed by atoms with Crippen LogP contribution in [0.2, 0.25) is 0 Å². The van der Waals surface area contributed by atoms with Crippen molar-refractivity contribution in [1.29, 1.82) is 0 Å². The summed E-state index contributed by atoms with van der Waals surface area (Å²) in [6.07, 6.45) is 5.73. The summed E-state index contributed by atoms with van der Waals surface area (Å²) in [5.41, 5.74) is 0. The monoisotopic (exact) mass is 262 g/mol. The predicted octanol–water partition coefficient (Wildman–Crippen LogP) is 0.885. The Hall–Kier alpha value is -0.130. The number of nitrogens with one attached hydrogen (secondary N) is 1. The Morgan fingerprint density at radius 3 is 2.53 bits per heavy atom. The van der Waals surface area contributed by atoms with Crippen LogP contribution in [0.4, 0.5) is 0 Å². The molecule has 1 unspecified atom stereocenters. The zero-order chi connectivity index (χ0) is 12.7. The summed E-state index contributed by atoms with van der Waals surface area (Å²) in [6.45, 7) is 2.12. The van der Waals surface area contributed by atoms with Crippen LogP contribution in [-0.4, -0.2) is 58.1 Å². The predicted molar refractivity (Wildman–Crippen MR) is 72.1 cm³/mol. The van der Waals surface area contributed by atoms with Gasteiger partial charge in [-0.05, 0) is 46.4 Å². The molecule has 0 aromatic carbocycles. The van der Waals surface area contributed by atoms with Crippen LogP contribution in [0.5, 0.6) is 0 Å². The van der Waals surface area contributed by atoms with E-state index in [1.807, 2.05) is 7.05 Å². The zero-order valence-corrected chi connectivity index (χ0v) is 11.9. The molecular weight excluding hydrogens is 236 g/mol. The highest BCUT2D eigenvalue weighted by Gasteiger charge is 2.30. The first-order valence-electron chi connectivity index (χ1n) is 6.60. The first-order chi connectivity index (χ1) is 8.05. The Morgan fingerprint density at radius 2 is 1.94 bits per heavy atom. The molecule has 0 amide bonds. The van der Waals surface area contributed by atoms with Gasteiger partial charge in [0, 0.05) is 6.04 Å². The maximum absolute atomic E-state index is 11.4. The Balaban J connectivity index is 2.07. The highest BCUT2D eigenvalue weighted by atomic mass is 32.2. The van der Waals surface area contributed by atoms with E-state index >= 15 is 0 Å². The van der Waals surface area contributed by atoms with E-state index in [4.69, 9.17) is 0 Å². The molecule has 0 aliphatic carbocycles. The molecule has 0 bridgehead atoms. The largest absolute Gasteiger partial charge is 0.320 e. The molecule has 1 rings (SSSR count). The molecule has 0 spiro atoms. The second-order valence-corrected chi connectivity index (χ2v) is 7.28. The van der Waals surface area contributed by atoms with Gasteiger partial charge in [-0.25, -0.2) is 8.42 Å². The lowest BCUT2D eigenvalue weighted by molar-refractivity contribution is 0.256. The number of hydrogen-bond donors (Lipinski definition) is 1. The summed E-state index contributed by atoms with van der Waals surface area (Å²) in [4.78, 5) is 2.22. The molecule has 1 saturated heterocycles. The number of hydrogen-bond acceptors (Lipinski definition) is 4. The summed E-state index contributed by atoms with van der Waals surface area (Å²) in [5, 5.41) is 3.14. The first-order valence-corrected chi connectivity index (χ1v) is 8.42. The van der Waals surface area contributed by atoms with Gasteiger partial charge in [-0.15, -0.1) is 0 Å². The van der Waals surface area contributed by atoms with E-state index in [1.54, 1.807) is 0 Å². The minimum absolute atomic E-state index is 0.261. The van der Waals surface area contributed by atoms with Gasteiger partial charge >= 0.3 is 0 Å². The highest BCUT2D eigenvalue weighted by Crippen LogP contribution is 2.16. The number of rotatable bonds is 8. The molecular formula is C12H26N2O2S. The number of sulfone groups is 1. The second kappa shape index (κ2) is 7.34. The summed E-state index contributed by atoms with van der Waals surface area (Å²) in [7, 11) is 1.30. The molecule has 0 aromatic rings. The first kappa shape index (κ1) is 14.9. The molecule has 5 heteroatoms. The van der Waals surface area contributed by atoms with E-state index in [1.165, 1.54) is 25.7 Å². The fourth-order valence-electron chi connectivity index (χ4n) is 2.32. The second-order valence-electron chi connectivity index (χ2n) is 5.06. The van der Waals surface area contributed by atoms with Gasteiger partial charge in [-0.2, -0.15) is 0 Å². The van der Waals surface area contributed by atoms with Gasteiger partial charge in [0.05, 0.1) is 11.5 Å². The molecule has 0 radical (unpaired) electrons. The molecule has 1 aliphatic heterocycles. The number of unbranched alkanes of at least 4 members (excludes halogenated alkanes) is 3. The third-order valence-electron chi connectivity index (χ3n) is 3.52. The van der Waals surface area contributed by atoms with Crippen molar-refractivity contribution >= 4 is 9.84 Å². The lowest BCUT2D eigenvalue weighted by atomic mass is 10.1. The Morgan fingerprint density at radius 1 is 1.24 bits per heavy atom. The Labute approximate surface area is 106 Å². The van der Waals surface area contributed by atoms with Crippen LogP contribution in [0.25, 0.3) is 0 Å². The van der Waals surface area contributed by atoms with Gasteiger partial charge in [0.2, 0.25) is 0 Å².